The molecular weight excluding hydrogens is 295 g/mol. The Kier molecular flexibility index (Phi) is 5.02. The molecule has 1 amide bonds. The van der Waals surface area contributed by atoms with Crippen LogP contribution in [0.25, 0.3) is 0 Å². The molecule has 122 valence electrons. The van der Waals surface area contributed by atoms with E-state index in [0.717, 1.165) is 38.2 Å². The van der Waals surface area contributed by atoms with Crippen LogP contribution >= 0.6 is 0 Å². The average Bonchev–Trinajstić information content (AvgIpc) is 3.07. The first kappa shape index (κ1) is 15.7. The number of carbonyl (C=O) groups is 1. The van der Waals surface area contributed by atoms with E-state index in [1.807, 2.05) is 6.07 Å². The summed E-state index contributed by atoms with van der Waals surface area (Å²) >= 11 is 0. The molecule has 1 aliphatic heterocycles. The minimum atomic E-state index is -0.330. The Balaban J connectivity index is 1.47. The summed E-state index contributed by atoms with van der Waals surface area (Å²) in [6, 6.07) is 7.62. The number of rotatable bonds is 5. The summed E-state index contributed by atoms with van der Waals surface area (Å²) in [5.74, 6) is -0.0324. The predicted molar refractivity (Wildman–Crippen MR) is 85.3 cm³/mol. The molecule has 5 nitrogen and oxygen atoms in total. The van der Waals surface area contributed by atoms with Crippen molar-refractivity contribution in [3.63, 3.8) is 0 Å². The van der Waals surface area contributed by atoms with E-state index in [9.17, 15) is 9.18 Å². The van der Waals surface area contributed by atoms with Crippen LogP contribution in [0.3, 0.4) is 0 Å². The average molecular weight is 316 g/mol. The second kappa shape index (κ2) is 7.37. The van der Waals surface area contributed by atoms with E-state index in [4.69, 9.17) is 0 Å². The number of hydrogen-bond acceptors (Lipinski definition) is 3. The summed E-state index contributed by atoms with van der Waals surface area (Å²) in [5.41, 5.74) is 1.61. The van der Waals surface area contributed by atoms with Gasteiger partial charge in [-0.1, -0.05) is 0 Å². The Labute approximate surface area is 134 Å². The Hall–Kier alpha value is -2.21. The van der Waals surface area contributed by atoms with E-state index in [1.54, 1.807) is 6.20 Å². The van der Waals surface area contributed by atoms with Crippen LogP contribution in [-0.4, -0.2) is 40.6 Å². The number of aromatic nitrogens is 2. The molecule has 6 heteroatoms. The molecule has 0 saturated carbocycles. The topological polar surface area (TPSA) is 61.0 Å². The molecule has 0 aliphatic carbocycles. The van der Waals surface area contributed by atoms with Crippen molar-refractivity contribution in [2.45, 2.75) is 19.4 Å². The molecule has 1 aliphatic rings. The van der Waals surface area contributed by atoms with Crippen LogP contribution in [0.2, 0.25) is 0 Å². The molecule has 2 aromatic rings. The second-order valence-corrected chi connectivity index (χ2v) is 6.04. The Morgan fingerprint density at radius 2 is 2.17 bits per heavy atom. The highest BCUT2D eigenvalue weighted by Gasteiger charge is 2.21. The largest absolute Gasteiger partial charge is 0.352 e. The highest BCUT2D eigenvalue weighted by atomic mass is 19.1. The summed E-state index contributed by atoms with van der Waals surface area (Å²) in [6.45, 7) is 3.54. The molecular formula is C17H21FN4O. The van der Waals surface area contributed by atoms with Crippen LogP contribution < -0.4 is 5.32 Å². The molecule has 1 aromatic carbocycles. The van der Waals surface area contributed by atoms with E-state index >= 15 is 0 Å². The maximum absolute atomic E-state index is 12.9. The normalized spacial score (nSPS) is 18.7. The predicted octanol–water partition coefficient (Wildman–Crippen LogP) is 2.19. The number of likely N-dealkylation sites (tertiary alicyclic amines) is 1. The van der Waals surface area contributed by atoms with Crippen molar-refractivity contribution >= 4 is 5.91 Å². The molecule has 23 heavy (non-hydrogen) atoms. The lowest BCUT2D eigenvalue weighted by atomic mass is 9.97. The molecule has 0 spiro atoms. The van der Waals surface area contributed by atoms with Crippen molar-refractivity contribution in [1.82, 2.24) is 20.4 Å². The molecule has 3 rings (SSSR count). The highest BCUT2D eigenvalue weighted by Crippen LogP contribution is 2.17. The SMILES string of the molecule is O=C(NCC1CCCN(Cc2ccn[nH]2)C1)c1ccc(F)cc1. The smallest absolute Gasteiger partial charge is 0.251 e. The fraction of sp³-hybridized carbons (Fsp3) is 0.412. The number of piperidine rings is 1. The monoisotopic (exact) mass is 316 g/mol. The molecule has 0 bridgehead atoms. The fourth-order valence-corrected chi connectivity index (χ4v) is 3.02. The number of nitrogens with zero attached hydrogens (tertiary/aromatic N) is 2. The van der Waals surface area contributed by atoms with Gasteiger partial charge < -0.3 is 5.32 Å². The van der Waals surface area contributed by atoms with Gasteiger partial charge in [-0.15, -0.1) is 0 Å². The van der Waals surface area contributed by atoms with E-state index in [0.29, 0.717) is 18.0 Å². The molecule has 0 radical (unpaired) electrons. The highest BCUT2D eigenvalue weighted by molar-refractivity contribution is 5.94. The van der Waals surface area contributed by atoms with Crippen LogP contribution in [0.4, 0.5) is 4.39 Å². The molecule has 2 N–H and O–H groups in total. The minimum Gasteiger partial charge on any atom is -0.352 e. The van der Waals surface area contributed by atoms with Gasteiger partial charge in [-0.25, -0.2) is 4.39 Å². The molecule has 2 heterocycles. The van der Waals surface area contributed by atoms with E-state index in [-0.39, 0.29) is 11.7 Å². The second-order valence-electron chi connectivity index (χ2n) is 6.04. The number of halogens is 1. The third kappa shape index (κ3) is 4.39. The van der Waals surface area contributed by atoms with Crippen LogP contribution in [0.15, 0.2) is 36.5 Å². The van der Waals surface area contributed by atoms with Crippen LogP contribution in [0.1, 0.15) is 28.9 Å². The zero-order chi connectivity index (χ0) is 16.1. The van der Waals surface area contributed by atoms with Gasteiger partial charge in [-0.05, 0) is 55.6 Å². The summed E-state index contributed by atoms with van der Waals surface area (Å²) in [4.78, 5) is 14.5. The summed E-state index contributed by atoms with van der Waals surface area (Å²) in [5, 5.41) is 9.91. The van der Waals surface area contributed by atoms with Crippen molar-refractivity contribution in [1.29, 1.82) is 0 Å². The summed E-state index contributed by atoms with van der Waals surface area (Å²) in [6.07, 6.45) is 4.01. The van der Waals surface area contributed by atoms with Crippen molar-refractivity contribution in [2.24, 2.45) is 5.92 Å². The van der Waals surface area contributed by atoms with Gasteiger partial charge in [0.2, 0.25) is 0 Å². The molecule has 1 unspecified atom stereocenters. The maximum Gasteiger partial charge on any atom is 0.251 e. The van der Waals surface area contributed by atoms with Crippen molar-refractivity contribution in [3.8, 4) is 0 Å². The van der Waals surface area contributed by atoms with Crippen LogP contribution in [-0.2, 0) is 6.54 Å². The van der Waals surface area contributed by atoms with Crippen molar-refractivity contribution in [3.05, 3.63) is 53.6 Å². The van der Waals surface area contributed by atoms with E-state index < -0.39 is 0 Å². The van der Waals surface area contributed by atoms with Gasteiger partial charge >= 0.3 is 0 Å². The number of carbonyl (C=O) groups excluding carboxylic acids is 1. The lowest BCUT2D eigenvalue weighted by Gasteiger charge is -2.32. The zero-order valence-corrected chi connectivity index (χ0v) is 13.0. The first-order chi connectivity index (χ1) is 11.2. The molecule has 1 aromatic heterocycles. The first-order valence-corrected chi connectivity index (χ1v) is 7.95. The van der Waals surface area contributed by atoms with Crippen molar-refractivity contribution in [2.75, 3.05) is 19.6 Å². The standard InChI is InChI=1S/C17H21FN4O/c18-15-5-3-14(4-6-15)17(23)19-10-13-2-1-9-22(11-13)12-16-7-8-20-21-16/h3-8,13H,1-2,9-12H2,(H,19,23)(H,20,21). The number of amides is 1. The third-order valence-electron chi connectivity index (χ3n) is 4.21. The van der Waals surface area contributed by atoms with Gasteiger partial charge in [-0.2, -0.15) is 5.10 Å². The quantitative estimate of drug-likeness (QED) is 0.889. The summed E-state index contributed by atoms with van der Waals surface area (Å²) < 4.78 is 12.9. The van der Waals surface area contributed by atoms with E-state index in [1.165, 1.54) is 24.3 Å². The van der Waals surface area contributed by atoms with Gasteiger partial charge in [-0.3, -0.25) is 14.8 Å². The Bertz CT molecular complexity index is 627. The number of nitrogens with one attached hydrogen (secondary N) is 2. The lowest BCUT2D eigenvalue weighted by Crippen LogP contribution is -2.40. The van der Waals surface area contributed by atoms with Gasteiger partial charge in [0, 0.05) is 37.1 Å². The zero-order valence-electron chi connectivity index (χ0n) is 13.0. The molecule has 1 atom stereocenters. The van der Waals surface area contributed by atoms with Crippen LogP contribution in [0.5, 0.6) is 0 Å². The molecule has 1 fully saturated rings. The fourth-order valence-electron chi connectivity index (χ4n) is 3.02. The van der Waals surface area contributed by atoms with Crippen LogP contribution in [0, 0.1) is 11.7 Å². The van der Waals surface area contributed by atoms with Gasteiger partial charge in [0.15, 0.2) is 0 Å². The number of aromatic amines is 1. The molecule has 1 saturated heterocycles. The number of benzene rings is 1. The lowest BCUT2D eigenvalue weighted by molar-refractivity contribution is 0.0930. The minimum absolute atomic E-state index is 0.143. The van der Waals surface area contributed by atoms with Crippen molar-refractivity contribution < 1.29 is 9.18 Å². The van der Waals surface area contributed by atoms with Gasteiger partial charge in [0.05, 0.1) is 0 Å². The Morgan fingerprint density at radius 1 is 1.35 bits per heavy atom. The summed E-state index contributed by atoms with van der Waals surface area (Å²) in [7, 11) is 0. The Morgan fingerprint density at radius 3 is 2.91 bits per heavy atom. The number of hydrogen-bond donors (Lipinski definition) is 2. The third-order valence-corrected chi connectivity index (χ3v) is 4.21. The van der Waals surface area contributed by atoms with Gasteiger partial charge in [0.1, 0.15) is 5.82 Å². The van der Waals surface area contributed by atoms with E-state index in [2.05, 4.69) is 20.4 Å². The van der Waals surface area contributed by atoms with Gasteiger partial charge in [0.25, 0.3) is 5.91 Å². The number of H-pyrrole nitrogens is 1. The maximum atomic E-state index is 12.9. The first-order valence-electron chi connectivity index (χ1n) is 7.95.